The second-order valence-corrected chi connectivity index (χ2v) is 6.17. The van der Waals surface area contributed by atoms with Gasteiger partial charge in [-0.3, -0.25) is 14.8 Å². The van der Waals surface area contributed by atoms with E-state index in [4.69, 9.17) is 10.3 Å². The Morgan fingerprint density at radius 3 is 2.31 bits per heavy atom. The van der Waals surface area contributed by atoms with Crippen LogP contribution in [0.4, 0.5) is 0 Å². The normalized spacial score (nSPS) is 11.9. The van der Waals surface area contributed by atoms with E-state index in [1.54, 1.807) is 35.9 Å². The third-order valence-electron chi connectivity index (χ3n) is 4.16. The van der Waals surface area contributed by atoms with Crippen LogP contribution in [0.3, 0.4) is 0 Å². The summed E-state index contributed by atoms with van der Waals surface area (Å²) in [6, 6.07) is 8.59. The van der Waals surface area contributed by atoms with Crippen LogP contribution in [0.15, 0.2) is 36.4 Å². The molecule has 0 fully saturated rings. The molecule has 2 rings (SSSR count). The highest BCUT2D eigenvalue weighted by Crippen LogP contribution is 2.06. The van der Waals surface area contributed by atoms with E-state index >= 15 is 0 Å². The van der Waals surface area contributed by atoms with E-state index in [0.29, 0.717) is 5.56 Å². The molecule has 0 aliphatic rings. The van der Waals surface area contributed by atoms with Crippen molar-refractivity contribution in [3.63, 3.8) is 0 Å². The highest BCUT2D eigenvalue weighted by atomic mass is 16.5. The Hall–Kier alpha value is -3.56. The number of hydrogen-bond acceptors (Lipinski definition) is 5. The SMILES string of the molecule is C[C@@H](O)[C@H](NC(=O)c1ccc(C#CC#Cc2ccc(CO)n2C)cc1)C(=O)NO. The summed E-state index contributed by atoms with van der Waals surface area (Å²) in [5.41, 5.74) is 3.79. The van der Waals surface area contributed by atoms with Crippen molar-refractivity contribution in [2.75, 3.05) is 0 Å². The standard InChI is InChI=1S/C21H21N3O5/c1-14(26)19(21(28)23-29)22-20(27)16-9-7-15(8-10-16)5-3-4-6-17-11-12-18(13-25)24(17)2/h7-12,14,19,25-26,29H,13H2,1-2H3,(H,22,27)(H,23,28)/t14-,19+/m1/s1. The van der Waals surface area contributed by atoms with Gasteiger partial charge in [-0.15, -0.1) is 0 Å². The van der Waals surface area contributed by atoms with Crippen LogP contribution < -0.4 is 10.8 Å². The van der Waals surface area contributed by atoms with Gasteiger partial charge in [-0.25, -0.2) is 5.48 Å². The number of rotatable bonds is 5. The quantitative estimate of drug-likeness (QED) is 0.275. The lowest BCUT2D eigenvalue weighted by molar-refractivity contribution is -0.133. The van der Waals surface area contributed by atoms with Gasteiger partial charge < -0.3 is 20.1 Å². The van der Waals surface area contributed by atoms with Crippen LogP contribution >= 0.6 is 0 Å². The maximum atomic E-state index is 12.2. The molecule has 8 nitrogen and oxygen atoms in total. The molecular formula is C21H21N3O5. The number of nitrogens with one attached hydrogen (secondary N) is 2. The second kappa shape index (κ2) is 10.1. The highest BCUT2D eigenvalue weighted by molar-refractivity contribution is 5.97. The van der Waals surface area contributed by atoms with Crippen LogP contribution in [0, 0.1) is 23.7 Å². The predicted molar refractivity (Wildman–Crippen MR) is 104 cm³/mol. The lowest BCUT2D eigenvalue weighted by atomic mass is 10.1. The number of carbonyl (C=O) groups is 2. The molecule has 0 aliphatic heterocycles. The second-order valence-electron chi connectivity index (χ2n) is 6.17. The lowest BCUT2D eigenvalue weighted by Crippen LogP contribution is -2.51. The van der Waals surface area contributed by atoms with E-state index in [1.807, 2.05) is 0 Å². The van der Waals surface area contributed by atoms with Crippen molar-refractivity contribution in [2.24, 2.45) is 7.05 Å². The number of hydrogen-bond donors (Lipinski definition) is 5. The molecule has 0 saturated carbocycles. The van der Waals surface area contributed by atoms with Crippen molar-refractivity contribution in [3.8, 4) is 23.7 Å². The van der Waals surface area contributed by atoms with Gasteiger partial charge in [0.2, 0.25) is 0 Å². The maximum Gasteiger partial charge on any atom is 0.268 e. The average Bonchev–Trinajstić information content (AvgIpc) is 3.08. The van der Waals surface area contributed by atoms with Gasteiger partial charge in [0.25, 0.3) is 11.8 Å². The van der Waals surface area contributed by atoms with E-state index < -0.39 is 24.0 Å². The van der Waals surface area contributed by atoms with Gasteiger partial charge in [0.05, 0.1) is 18.4 Å². The van der Waals surface area contributed by atoms with Gasteiger partial charge >= 0.3 is 0 Å². The molecule has 0 bridgehead atoms. The fourth-order valence-electron chi connectivity index (χ4n) is 2.44. The Bertz CT molecular complexity index is 1000. The minimum absolute atomic E-state index is 0.0631. The third-order valence-corrected chi connectivity index (χ3v) is 4.16. The number of aliphatic hydroxyl groups excluding tert-OH is 2. The number of aliphatic hydroxyl groups is 2. The summed E-state index contributed by atoms with van der Waals surface area (Å²) in [5, 5.41) is 29.7. The van der Waals surface area contributed by atoms with Crippen LogP contribution in [0.2, 0.25) is 0 Å². The van der Waals surface area contributed by atoms with Crippen molar-refractivity contribution in [2.45, 2.75) is 25.7 Å². The fourth-order valence-corrected chi connectivity index (χ4v) is 2.44. The summed E-state index contributed by atoms with van der Waals surface area (Å²) < 4.78 is 1.78. The van der Waals surface area contributed by atoms with E-state index in [9.17, 15) is 14.7 Å². The molecule has 5 N–H and O–H groups in total. The van der Waals surface area contributed by atoms with Crippen LogP contribution in [-0.4, -0.2) is 43.9 Å². The molecule has 1 aromatic heterocycles. The Morgan fingerprint density at radius 2 is 1.76 bits per heavy atom. The highest BCUT2D eigenvalue weighted by Gasteiger charge is 2.25. The minimum Gasteiger partial charge on any atom is -0.391 e. The summed E-state index contributed by atoms with van der Waals surface area (Å²) in [6.45, 7) is 1.26. The zero-order valence-corrected chi connectivity index (χ0v) is 15.9. The molecule has 2 aromatic rings. The monoisotopic (exact) mass is 395 g/mol. The molecule has 0 spiro atoms. The first-order valence-corrected chi connectivity index (χ1v) is 8.67. The molecule has 0 saturated heterocycles. The summed E-state index contributed by atoms with van der Waals surface area (Å²) >= 11 is 0. The largest absolute Gasteiger partial charge is 0.391 e. The topological polar surface area (TPSA) is 124 Å². The first kappa shape index (κ1) is 21.7. The minimum atomic E-state index is -1.29. The van der Waals surface area contributed by atoms with E-state index in [0.717, 1.165) is 11.4 Å². The van der Waals surface area contributed by atoms with Crippen molar-refractivity contribution < 1.29 is 25.0 Å². The van der Waals surface area contributed by atoms with Gasteiger partial charge in [0.15, 0.2) is 0 Å². The van der Waals surface area contributed by atoms with Crippen molar-refractivity contribution in [1.82, 2.24) is 15.4 Å². The number of amides is 2. The van der Waals surface area contributed by atoms with Crippen LogP contribution in [-0.2, 0) is 18.4 Å². The molecule has 0 unspecified atom stereocenters. The van der Waals surface area contributed by atoms with Gasteiger partial charge in [-0.05, 0) is 61.1 Å². The lowest BCUT2D eigenvalue weighted by Gasteiger charge is -2.19. The average molecular weight is 395 g/mol. The van der Waals surface area contributed by atoms with Crippen LogP contribution in [0.25, 0.3) is 0 Å². The van der Waals surface area contributed by atoms with E-state index in [2.05, 4.69) is 29.0 Å². The number of nitrogens with zero attached hydrogens (tertiary/aromatic N) is 1. The van der Waals surface area contributed by atoms with Gasteiger partial charge in [-0.1, -0.05) is 5.92 Å². The third kappa shape index (κ3) is 5.71. The van der Waals surface area contributed by atoms with E-state index in [1.165, 1.54) is 24.5 Å². The zero-order chi connectivity index (χ0) is 21.4. The summed E-state index contributed by atoms with van der Waals surface area (Å²) in [6.07, 6.45) is -1.19. The Morgan fingerprint density at radius 1 is 1.10 bits per heavy atom. The van der Waals surface area contributed by atoms with Crippen LogP contribution in [0.5, 0.6) is 0 Å². The first-order valence-electron chi connectivity index (χ1n) is 8.67. The molecule has 1 aromatic carbocycles. The summed E-state index contributed by atoms with van der Waals surface area (Å²) in [4.78, 5) is 23.7. The Balaban J connectivity index is 2.05. The number of benzene rings is 1. The molecule has 0 aliphatic carbocycles. The number of carbonyl (C=O) groups excluding carboxylic acids is 2. The van der Waals surface area contributed by atoms with Gasteiger partial charge in [-0.2, -0.15) is 0 Å². The molecule has 1 heterocycles. The van der Waals surface area contributed by atoms with E-state index in [-0.39, 0.29) is 12.2 Å². The molecule has 2 atom stereocenters. The molecule has 8 heteroatoms. The zero-order valence-electron chi connectivity index (χ0n) is 15.9. The fraction of sp³-hybridized carbons (Fsp3) is 0.238. The smallest absolute Gasteiger partial charge is 0.268 e. The van der Waals surface area contributed by atoms with Crippen molar-refractivity contribution >= 4 is 11.8 Å². The van der Waals surface area contributed by atoms with Gasteiger partial charge in [0, 0.05) is 23.9 Å². The molecule has 2 amide bonds. The molecule has 150 valence electrons. The first-order chi connectivity index (χ1) is 13.9. The van der Waals surface area contributed by atoms with Crippen LogP contribution in [0.1, 0.15) is 34.2 Å². The van der Waals surface area contributed by atoms with Gasteiger partial charge in [0.1, 0.15) is 6.04 Å². The van der Waals surface area contributed by atoms with Crippen molar-refractivity contribution in [3.05, 3.63) is 58.9 Å². The molecular weight excluding hydrogens is 374 g/mol. The summed E-state index contributed by atoms with van der Waals surface area (Å²) in [7, 11) is 1.80. The molecule has 29 heavy (non-hydrogen) atoms. The predicted octanol–water partition coefficient (Wildman–Crippen LogP) is -0.0948. The maximum absolute atomic E-state index is 12.2. The Labute approximate surface area is 168 Å². The summed E-state index contributed by atoms with van der Waals surface area (Å²) in [5.74, 6) is 9.71. The number of aromatic nitrogens is 1. The molecule has 0 radical (unpaired) electrons. The number of hydroxylamine groups is 1. The Kier molecular flexibility index (Phi) is 7.58. The van der Waals surface area contributed by atoms with Crippen molar-refractivity contribution in [1.29, 1.82) is 0 Å².